The van der Waals surface area contributed by atoms with Crippen LogP contribution in [0.25, 0.3) is 11.0 Å². The first-order chi connectivity index (χ1) is 30.4. The lowest BCUT2D eigenvalue weighted by Gasteiger charge is -2.27. The second-order valence-electron chi connectivity index (χ2n) is 14.3. The van der Waals surface area contributed by atoms with Crippen molar-refractivity contribution in [3.63, 3.8) is 0 Å². The average molecular weight is 875 g/mol. The van der Waals surface area contributed by atoms with Gasteiger partial charge in [0.25, 0.3) is 17.7 Å². The van der Waals surface area contributed by atoms with Crippen LogP contribution in [0.2, 0.25) is 0 Å². The van der Waals surface area contributed by atoms with Gasteiger partial charge in [-0.3, -0.25) is 49.0 Å². The maximum absolute atomic E-state index is 14.7. The second kappa shape index (κ2) is 21.9. The molecule has 1 unspecified atom stereocenters. The third-order valence-corrected chi connectivity index (χ3v) is 10.0. The summed E-state index contributed by atoms with van der Waals surface area (Å²) in [6.07, 6.45) is 0.169. The van der Waals surface area contributed by atoms with Crippen molar-refractivity contribution >= 4 is 63.8 Å². The van der Waals surface area contributed by atoms with Crippen molar-refractivity contribution in [1.82, 2.24) is 30.6 Å². The number of halogens is 1. The Balaban J connectivity index is 0.764. The molecule has 63 heavy (non-hydrogen) atoms. The van der Waals surface area contributed by atoms with Gasteiger partial charge in [0.2, 0.25) is 23.6 Å². The minimum absolute atomic E-state index is 0.0107. The van der Waals surface area contributed by atoms with E-state index < -0.39 is 41.4 Å². The van der Waals surface area contributed by atoms with Gasteiger partial charge in [0.1, 0.15) is 17.7 Å². The Morgan fingerprint density at radius 1 is 0.873 bits per heavy atom. The zero-order valence-electron chi connectivity index (χ0n) is 34.3. The topological polar surface area (TPSA) is 258 Å². The smallest absolute Gasteiger partial charge is 0.274 e. The number of fused-ring (bicyclic) bond motifs is 2. The fraction of sp³-hybridized carbons (Fsp3) is 0.381. The highest BCUT2D eigenvalue weighted by atomic mass is 19.1. The SMILES string of the molecule is Cc1nc2cc(NC(=O)CCOCCOCCOCCOCCNC(=O)CNc3cccc4c3C(=O)N(C3CCC(=O)NC3=O)C4=O)ccc2n1Cc1ccc(C(=O)NO)cc1F. The molecule has 1 atom stereocenters. The van der Waals surface area contributed by atoms with E-state index in [9.17, 15) is 38.0 Å². The van der Waals surface area contributed by atoms with Crippen molar-refractivity contribution in [2.75, 3.05) is 76.6 Å². The normalized spacial score (nSPS) is 14.8. The predicted molar refractivity (Wildman–Crippen MR) is 220 cm³/mol. The van der Waals surface area contributed by atoms with Crippen LogP contribution in [0.15, 0.2) is 54.6 Å². The summed E-state index contributed by atoms with van der Waals surface area (Å²) in [5.41, 5.74) is 4.13. The molecule has 20 nitrogen and oxygen atoms in total. The number of amides is 7. The maximum Gasteiger partial charge on any atom is 0.274 e. The summed E-state index contributed by atoms with van der Waals surface area (Å²) in [6.45, 7) is 4.25. The molecule has 1 aromatic heterocycles. The van der Waals surface area contributed by atoms with Gasteiger partial charge in [-0.25, -0.2) is 14.9 Å². The van der Waals surface area contributed by atoms with Crippen LogP contribution in [0.5, 0.6) is 0 Å². The molecule has 2 aliphatic heterocycles. The molecule has 3 heterocycles. The number of imidazole rings is 1. The van der Waals surface area contributed by atoms with E-state index in [0.717, 1.165) is 16.5 Å². The van der Waals surface area contributed by atoms with Crippen molar-refractivity contribution in [3.8, 4) is 0 Å². The van der Waals surface area contributed by atoms with Gasteiger partial charge >= 0.3 is 0 Å². The first-order valence-corrected chi connectivity index (χ1v) is 20.1. The number of aryl methyl sites for hydroxylation is 1. The molecular formula is C42H47FN8O12. The molecule has 0 bridgehead atoms. The molecule has 1 saturated heterocycles. The molecule has 0 saturated carbocycles. The summed E-state index contributed by atoms with van der Waals surface area (Å²) in [6, 6.07) is 12.7. The lowest BCUT2D eigenvalue weighted by Crippen LogP contribution is -2.54. The summed E-state index contributed by atoms with van der Waals surface area (Å²) in [5.74, 6) is -3.88. The number of nitrogens with one attached hydrogen (secondary N) is 5. The van der Waals surface area contributed by atoms with Crippen molar-refractivity contribution in [1.29, 1.82) is 0 Å². The van der Waals surface area contributed by atoms with Crippen molar-refractivity contribution in [2.24, 2.45) is 0 Å². The van der Waals surface area contributed by atoms with Crippen LogP contribution in [0.4, 0.5) is 15.8 Å². The fourth-order valence-electron chi connectivity index (χ4n) is 6.89. The quantitative estimate of drug-likeness (QED) is 0.0268. The fourth-order valence-corrected chi connectivity index (χ4v) is 6.89. The molecule has 3 aromatic carbocycles. The number of hydrogen-bond donors (Lipinski definition) is 6. The Morgan fingerprint density at radius 3 is 2.29 bits per heavy atom. The van der Waals surface area contributed by atoms with E-state index in [1.165, 1.54) is 23.7 Å². The van der Waals surface area contributed by atoms with E-state index in [-0.39, 0.29) is 92.9 Å². The zero-order chi connectivity index (χ0) is 44.9. The van der Waals surface area contributed by atoms with Crippen LogP contribution in [0, 0.1) is 12.7 Å². The molecular weight excluding hydrogens is 828 g/mol. The highest BCUT2D eigenvalue weighted by Gasteiger charge is 2.45. The summed E-state index contributed by atoms with van der Waals surface area (Å²) in [7, 11) is 0. The van der Waals surface area contributed by atoms with Gasteiger partial charge in [0, 0.05) is 35.5 Å². The number of hydrogen-bond acceptors (Lipinski definition) is 14. The van der Waals surface area contributed by atoms with Crippen LogP contribution in [-0.2, 0) is 44.7 Å². The van der Waals surface area contributed by atoms with Gasteiger partial charge in [-0.15, -0.1) is 0 Å². The number of carbonyl (C=O) groups excluding carboxylic acids is 7. The number of anilines is 2. The van der Waals surface area contributed by atoms with Crippen molar-refractivity contribution in [3.05, 3.63) is 88.5 Å². The Hall–Kier alpha value is -6.65. The first-order valence-electron chi connectivity index (χ1n) is 20.1. The third kappa shape index (κ3) is 11.8. The Bertz CT molecular complexity index is 2370. The molecule has 6 rings (SSSR count). The number of imide groups is 2. The second-order valence-corrected chi connectivity index (χ2v) is 14.3. The Labute approximate surface area is 359 Å². The predicted octanol–water partition coefficient (Wildman–Crippen LogP) is 1.68. The Kier molecular flexibility index (Phi) is 16.0. The molecule has 21 heteroatoms. The Morgan fingerprint density at radius 2 is 1.59 bits per heavy atom. The maximum atomic E-state index is 14.7. The molecule has 334 valence electrons. The van der Waals surface area contributed by atoms with Gasteiger partial charge in [-0.05, 0) is 55.8 Å². The molecule has 2 aliphatic rings. The number of aromatic nitrogens is 2. The number of rotatable bonds is 23. The highest BCUT2D eigenvalue weighted by Crippen LogP contribution is 2.32. The number of benzene rings is 3. The molecule has 0 spiro atoms. The largest absolute Gasteiger partial charge is 0.379 e. The van der Waals surface area contributed by atoms with Gasteiger partial charge in [0.15, 0.2) is 0 Å². The van der Waals surface area contributed by atoms with Crippen LogP contribution < -0.4 is 26.7 Å². The van der Waals surface area contributed by atoms with Crippen LogP contribution in [0.1, 0.15) is 61.7 Å². The zero-order valence-corrected chi connectivity index (χ0v) is 34.3. The minimum Gasteiger partial charge on any atom is -0.379 e. The van der Waals surface area contributed by atoms with E-state index in [2.05, 4.69) is 26.3 Å². The van der Waals surface area contributed by atoms with E-state index >= 15 is 0 Å². The van der Waals surface area contributed by atoms with Gasteiger partial charge in [0.05, 0.1) is 94.5 Å². The molecule has 1 fully saturated rings. The van der Waals surface area contributed by atoms with Gasteiger partial charge < -0.3 is 39.5 Å². The summed E-state index contributed by atoms with van der Waals surface area (Å²) < 4.78 is 38.5. The van der Waals surface area contributed by atoms with E-state index in [1.54, 1.807) is 37.3 Å². The molecule has 4 aromatic rings. The molecule has 0 aliphatic carbocycles. The van der Waals surface area contributed by atoms with E-state index in [0.29, 0.717) is 55.6 Å². The number of nitrogens with zero attached hydrogens (tertiary/aromatic N) is 3. The third-order valence-electron chi connectivity index (χ3n) is 10.0. The van der Waals surface area contributed by atoms with Gasteiger partial charge in [-0.1, -0.05) is 12.1 Å². The number of piperidine rings is 1. The molecule has 7 amide bonds. The van der Waals surface area contributed by atoms with Crippen molar-refractivity contribution < 1.29 is 62.1 Å². The monoisotopic (exact) mass is 874 g/mol. The van der Waals surface area contributed by atoms with Crippen molar-refractivity contribution in [2.45, 2.75) is 38.8 Å². The number of carbonyl (C=O) groups is 7. The van der Waals surface area contributed by atoms with Gasteiger partial charge in [-0.2, -0.15) is 0 Å². The summed E-state index contributed by atoms with van der Waals surface area (Å²) in [5, 5.41) is 19.4. The first kappa shape index (κ1) is 45.9. The molecule has 6 N–H and O–H groups in total. The van der Waals surface area contributed by atoms with Crippen LogP contribution in [-0.4, -0.2) is 133 Å². The lowest BCUT2D eigenvalue weighted by atomic mass is 10.0. The van der Waals surface area contributed by atoms with Crippen LogP contribution >= 0.6 is 0 Å². The summed E-state index contributed by atoms with van der Waals surface area (Å²) in [4.78, 5) is 92.0. The number of hydroxylamine groups is 1. The summed E-state index contributed by atoms with van der Waals surface area (Å²) >= 11 is 0. The van der Waals surface area contributed by atoms with E-state index in [4.69, 9.17) is 24.2 Å². The van der Waals surface area contributed by atoms with Crippen LogP contribution in [0.3, 0.4) is 0 Å². The highest BCUT2D eigenvalue weighted by molar-refractivity contribution is 6.25. The van der Waals surface area contributed by atoms with E-state index in [1.807, 2.05) is 4.57 Å². The average Bonchev–Trinajstić information content (AvgIpc) is 3.71. The molecule has 0 radical (unpaired) electrons. The minimum atomic E-state index is -1.09. The lowest BCUT2D eigenvalue weighted by molar-refractivity contribution is -0.136. The number of ether oxygens (including phenoxy) is 4. The standard InChI is InChI=1S/C42H47FN8O12/c1-25-46-32-22-28(7-8-33(32)50(25)24-27-6-5-26(21-30(27)43)39(55)49-59)47-36(53)11-13-60-15-17-62-19-20-63-18-16-61-14-12-44-37(54)23-45-31-4-2-3-29-38(31)42(58)51(41(29)57)34-9-10-35(52)48-40(34)56/h2-8,21-22,34,45,59H,9-20,23-24H2,1H3,(H,44,54)(H,47,53)(H,49,55)(H,48,52,56).